The number of rotatable bonds is 4. The van der Waals surface area contributed by atoms with Crippen LogP contribution in [-0.2, 0) is 0 Å². The van der Waals surface area contributed by atoms with Gasteiger partial charge in [0.15, 0.2) is 0 Å². The Balaban J connectivity index is 2.09. The van der Waals surface area contributed by atoms with Crippen molar-refractivity contribution in [3.05, 3.63) is 29.8 Å². The van der Waals surface area contributed by atoms with Crippen LogP contribution in [0.5, 0.6) is 0 Å². The summed E-state index contributed by atoms with van der Waals surface area (Å²) in [6, 6.07) is 10.1. The summed E-state index contributed by atoms with van der Waals surface area (Å²) in [5.74, 6) is 0. The molecule has 0 aliphatic heterocycles. The van der Waals surface area contributed by atoms with Gasteiger partial charge in [0.1, 0.15) is 0 Å². The van der Waals surface area contributed by atoms with Crippen LogP contribution in [0.2, 0.25) is 0 Å². The third-order valence-electron chi connectivity index (χ3n) is 3.33. The predicted octanol–water partition coefficient (Wildman–Crippen LogP) is 2.57. The fourth-order valence-electron chi connectivity index (χ4n) is 1.84. The molecule has 1 unspecified atom stereocenters. The van der Waals surface area contributed by atoms with Crippen LogP contribution in [0.25, 0.3) is 0 Å². The molecule has 2 heteroatoms. The Morgan fingerprint density at radius 2 is 1.87 bits per heavy atom. The van der Waals surface area contributed by atoms with Gasteiger partial charge >= 0.3 is 0 Å². The van der Waals surface area contributed by atoms with E-state index in [0.717, 1.165) is 6.04 Å². The van der Waals surface area contributed by atoms with Crippen molar-refractivity contribution >= 4 is 5.69 Å². The van der Waals surface area contributed by atoms with Gasteiger partial charge < -0.3 is 10.2 Å². The summed E-state index contributed by atoms with van der Waals surface area (Å²) < 4.78 is 0. The van der Waals surface area contributed by atoms with Gasteiger partial charge in [0.05, 0.1) is 0 Å². The van der Waals surface area contributed by atoms with Crippen molar-refractivity contribution in [3.8, 4) is 0 Å². The van der Waals surface area contributed by atoms with Crippen molar-refractivity contribution in [1.29, 1.82) is 0 Å². The molecule has 0 spiro atoms. The summed E-state index contributed by atoms with van der Waals surface area (Å²) in [6.45, 7) is 2.18. The van der Waals surface area contributed by atoms with E-state index in [2.05, 4.69) is 48.5 Å². The van der Waals surface area contributed by atoms with E-state index < -0.39 is 0 Å². The van der Waals surface area contributed by atoms with Gasteiger partial charge in [0.25, 0.3) is 0 Å². The van der Waals surface area contributed by atoms with Gasteiger partial charge in [-0.2, -0.15) is 0 Å². The largest absolute Gasteiger partial charge is 0.372 e. The van der Waals surface area contributed by atoms with Crippen molar-refractivity contribution in [3.63, 3.8) is 0 Å². The van der Waals surface area contributed by atoms with Gasteiger partial charge in [-0.3, -0.25) is 0 Å². The second-order valence-electron chi connectivity index (χ2n) is 4.44. The van der Waals surface area contributed by atoms with Crippen LogP contribution in [0.1, 0.15) is 31.4 Å². The first-order valence-electron chi connectivity index (χ1n) is 5.72. The third kappa shape index (κ3) is 2.32. The van der Waals surface area contributed by atoms with E-state index in [1.165, 1.54) is 24.1 Å². The molecule has 1 saturated carbocycles. The second-order valence-corrected chi connectivity index (χ2v) is 4.44. The zero-order valence-electron chi connectivity index (χ0n) is 9.83. The maximum absolute atomic E-state index is 3.25. The average Bonchev–Trinajstić information content (AvgIpc) is 3.11. The Morgan fingerprint density at radius 3 is 2.33 bits per heavy atom. The number of benzene rings is 1. The molecule has 1 aromatic carbocycles. The van der Waals surface area contributed by atoms with Crippen LogP contribution in [0, 0.1) is 0 Å². The van der Waals surface area contributed by atoms with Crippen LogP contribution in [0.15, 0.2) is 24.3 Å². The molecule has 1 atom stereocenters. The lowest BCUT2D eigenvalue weighted by atomic mass is 10.1. The number of nitrogens with one attached hydrogen (secondary N) is 1. The van der Waals surface area contributed by atoms with Crippen molar-refractivity contribution in [2.45, 2.75) is 31.8 Å². The number of hydrogen-bond donors (Lipinski definition) is 1. The van der Waals surface area contributed by atoms with Crippen molar-refractivity contribution in [2.24, 2.45) is 0 Å². The zero-order valence-corrected chi connectivity index (χ0v) is 9.83. The summed E-state index contributed by atoms with van der Waals surface area (Å²) >= 11 is 0. The molecular formula is C13H20N2. The first kappa shape index (κ1) is 10.5. The van der Waals surface area contributed by atoms with E-state index in [1.54, 1.807) is 0 Å². The van der Waals surface area contributed by atoms with Gasteiger partial charge in [0.2, 0.25) is 0 Å². The van der Waals surface area contributed by atoms with Gasteiger partial charge in [-0.05, 0) is 44.5 Å². The Kier molecular flexibility index (Phi) is 2.96. The SMILES string of the molecule is CNC(C)c1ccc(N(C)C2CC2)cc1. The normalized spacial score (nSPS) is 17.5. The van der Waals surface area contributed by atoms with E-state index in [-0.39, 0.29) is 0 Å². The minimum Gasteiger partial charge on any atom is -0.372 e. The fourth-order valence-corrected chi connectivity index (χ4v) is 1.84. The molecule has 1 aliphatic rings. The smallest absolute Gasteiger partial charge is 0.0366 e. The molecule has 2 rings (SSSR count). The molecule has 0 radical (unpaired) electrons. The minimum atomic E-state index is 0.435. The van der Waals surface area contributed by atoms with Gasteiger partial charge in [0, 0.05) is 24.8 Å². The highest BCUT2D eigenvalue weighted by Crippen LogP contribution is 2.30. The third-order valence-corrected chi connectivity index (χ3v) is 3.33. The van der Waals surface area contributed by atoms with Crippen molar-refractivity contribution in [2.75, 3.05) is 19.0 Å². The van der Waals surface area contributed by atoms with Crippen molar-refractivity contribution in [1.82, 2.24) is 5.32 Å². The summed E-state index contributed by atoms with van der Waals surface area (Å²) in [4.78, 5) is 2.38. The molecule has 0 heterocycles. The molecule has 0 saturated heterocycles. The molecule has 1 fully saturated rings. The summed E-state index contributed by atoms with van der Waals surface area (Å²) in [5, 5.41) is 3.25. The minimum absolute atomic E-state index is 0.435. The molecule has 1 aromatic rings. The predicted molar refractivity (Wildman–Crippen MR) is 65.3 cm³/mol. The molecular weight excluding hydrogens is 184 g/mol. The highest BCUT2D eigenvalue weighted by atomic mass is 15.2. The second kappa shape index (κ2) is 4.23. The Hall–Kier alpha value is -1.02. The standard InChI is InChI=1S/C13H20N2/c1-10(14-2)11-4-6-12(7-5-11)15(3)13-8-9-13/h4-7,10,13-14H,8-9H2,1-3H3. The first-order chi connectivity index (χ1) is 7.22. The highest BCUT2D eigenvalue weighted by molar-refractivity contribution is 5.49. The quantitative estimate of drug-likeness (QED) is 0.811. The highest BCUT2D eigenvalue weighted by Gasteiger charge is 2.26. The van der Waals surface area contributed by atoms with Crippen LogP contribution in [0.4, 0.5) is 5.69 Å². The van der Waals surface area contributed by atoms with Crippen LogP contribution in [-0.4, -0.2) is 20.1 Å². The maximum Gasteiger partial charge on any atom is 0.0366 e. The molecule has 0 bridgehead atoms. The average molecular weight is 204 g/mol. The van der Waals surface area contributed by atoms with E-state index in [4.69, 9.17) is 0 Å². The molecule has 0 aromatic heterocycles. The van der Waals surface area contributed by atoms with E-state index in [9.17, 15) is 0 Å². The zero-order chi connectivity index (χ0) is 10.8. The number of nitrogens with zero attached hydrogens (tertiary/aromatic N) is 1. The topological polar surface area (TPSA) is 15.3 Å². The lowest BCUT2D eigenvalue weighted by Crippen LogP contribution is -2.19. The molecule has 1 aliphatic carbocycles. The fraction of sp³-hybridized carbons (Fsp3) is 0.538. The van der Waals surface area contributed by atoms with Crippen LogP contribution in [0.3, 0.4) is 0 Å². The van der Waals surface area contributed by atoms with Gasteiger partial charge in [-0.25, -0.2) is 0 Å². The van der Waals surface area contributed by atoms with E-state index >= 15 is 0 Å². The van der Waals surface area contributed by atoms with Gasteiger partial charge in [-0.1, -0.05) is 12.1 Å². The Labute approximate surface area is 92.3 Å². The van der Waals surface area contributed by atoms with Gasteiger partial charge in [-0.15, -0.1) is 0 Å². The molecule has 15 heavy (non-hydrogen) atoms. The Bertz CT molecular complexity index is 314. The molecule has 1 N–H and O–H groups in total. The van der Waals surface area contributed by atoms with E-state index in [0.29, 0.717) is 6.04 Å². The molecule has 0 amide bonds. The first-order valence-corrected chi connectivity index (χ1v) is 5.72. The summed E-state index contributed by atoms with van der Waals surface area (Å²) in [6.07, 6.45) is 2.70. The lowest BCUT2D eigenvalue weighted by Gasteiger charge is -2.19. The van der Waals surface area contributed by atoms with Crippen LogP contribution < -0.4 is 10.2 Å². The molecule has 2 nitrogen and oxygen atoms in total. The summed E-state index contributed by atoms with van der Waals surface area (Å²) in [7, 11) is 4.18. The number of anilines is 1. The van der Waals surface area contributed by atoms with E-state index in [1.807, 2.05) is 7.05 Å². The van der Waals surface area contributed by atoms with Crippen LogP contribution >= 0.6 is 0 Å². The van der Waals surface area contributed by atoms with Crippen molar-refractivity contribution < 1.29 is 0 Å². The Morgan fingerprint density at radius 1 is 1.27 bits per heavy atom. The molecule has 82 valence electrons. The monoisotopic (exact) mass is 204 g/mol. The number of hydrogen-bond acceptors (Lipinski definition) is 2. The summed E-state index contributed by atoms with van der Waals surface area (Å²) in [5.41, 5.74) is 2.69. The lowest BCUT2D eigenvalue weighted by molar-refractivity contribution is 0.652. The maximum atomic E-state index is 3.25.